The first kappa shape index (κ1) is 15.5. The second-order valence-corrected chi connectivity index (χ2v) is 6.87. The van der Waals surface area contributed by atoms with Gasteiger partial charge in [0.1, 0.15) is 5.75 Å². The third-order valence-corrected chi connectivity index (χ3v) is 5.22. The molecule has 2 aromatic carbocycles. The molecule has 0 aromatic heterocycles. The molecule has 3 rings (SSSR count). The second kappa shape index (κ2) is 5.66. The molecule has 0 spiro atoms. The Bertz CT molecular complexity index is 861. The van der Waals surface area contributed by atoms with Gasteiger partial charge in [0.25, 0.3) is 10.0 Å². The molecule has 23 heavy (non-hydrogen) atoms. The Morgan fingerprint density at radius 2 is 1.78 bits per heavy atom. The normalized spacial score (nSPS) is 13.0. The molecule has 0 unspecified atom stereocenters. The number of benzene rings is 2. The molecule has 1 aliphatic rings. The summed E-state index contributed by atoms with van der Waals surface area (Å²) in [6.45, 7) is 3.82. The van der Waals surface area contributed by atoms with E-state index >= 15 is 0 Å². The number of rotatable bonds is 4. The summed E-state index contributed by atoms with van der Waals surface area (Å²) < 4.78 is 43.4. The van der Waals surface area contributed by atoms with Gasteiger partial charge in [0.2, 0.25) is 6.79 Å². The summed E-state index contributed by atoms with van der Waals surface area (Å²) in [4.78, 5) is 0.120. The topological polar surface area (TPSA) is 73.9 Å². The van der Waals surface area contributed by atoms with Crippen molar-refractivity contribution in [2.75, 3.05) is 18.6 Å². The molecule has 0 bridgehead atoms. The van der Waals surface area contributed by atoms with Gasteiger partial charge in [0, 0.05) is 6.07 Å². The van der Waals surface area contributed by atoms with Crippen molar-refractivity contribution in [3.05, 3.63) is 41.5 Å². The third-order valence-electron chi connectivity index (χ3n) is 3.86. The summed E-state index contributed by atoms with van der Waals surface area (Å²) in [5.41, 5.74) is 2.22. The summed E-state index contributed by atoms with van der Waals surface area (Å²) in [5, 5.41) is 0. The molecule has 6 nitrogen and oxygen atoms in total. The van der Waals surface area contributed by atoms with Crippen LogP contribution in [-0.2, 0) is 10.0 Å². The number of hydrogen-bond acceptors (Lipinski definition) is 5. The predicted molar refractivity (Wildman–Crippen MR) is 85.8 cm³/mol. The average molecular weight is 335 g/mol. The number of methoxy groups -OCH3 is 1. The maximum Gasteiger partial charge on any atom is 0.262 e. The van der Waals surface area contributed by atoms with E-state index in [1.807, 2.05) is 13.8 Å². The van der Waals surface area contributed by atoms with E-state index in [0.29, 0.717) is 22.9 Å². The minimum absolute atomic E-state index is 0.100. The highest BCUT2D eigenvalue weighted by atomic mass is 32.2. The fourth-order valence-corrected chi connectivity index (χ4v) is 3.51. The van der Waals surface area contributed by atoms with E-state index < -0.39 is 10.0 Å². The Morgan fingerprint density at radius 3 is 2.52 bits per heavy atom. The van der Waals surface area contributed by atoms with E-state index in [2.05, 4.69) is 4.72 Å². The minimum atomic E-state index is -3.72. The van der Waals surface area contributed by atoms with Gasteiger partial charge in [-0.1, -0.05) is 0 Å². The largest absolute Gasteiger partial charge is 0.496 e. The fourth-order valence-electron chi connectivity index (χ4n) is 2.38. The van der Waals surface area contributed by atoms with Gasteiger partial charge in [-0.15, -0.1) is 0 Å². The van der Waals surface area contributed by atoms with E-state index in [4.69, 9.17) is 14.2 Å². The van der Waals surface area contributed by atoms with Crippen molar-refractivity contribution in [2.45, 2.75) is 18.7 Å². The van der Waals surface area contributed by atoms with Gasteiger partial charge in [-0.25, -0.2) is 8.42 Å². The second-order valence-electron chi connectivity index (χ2n) is 5.19. The van der Waals surface area contributed by atoms with Gasteiger partial charge in [0.05, 0.1) is 17.7 Å². The number of ether oxygens (including phenoxy) is 3. The van der Waals surface area contributed by atoms with E-state index in [-0.39, 0.29) is 11.7 Å². The van der Waals surface area contributed by atoms with Crippen LogP contribution in [0, 0.1) is 13.8 Å². The summed E-state index contributed by atoms with van der Waals surface area (Å²) in [7, 11) is -2.14. The molecule has 1 heterocycles. The van der Waals surface area contributed by atoms with Crippen LogP contribution < -0.4 is 18.9 Å². The zero-order valence-corrected chi connectivity index (χ0v) is 13.9. The van der Waals surface area contributed by atoms with Gasteiger partial charge in [-0.2, -0.15) is 0 Å². The van der Waals surface area contributed by atoms with E-state index in [1.54, 1.807) is 25.3 Å². The lowest BCUT2D eigenvalue weighted by Crippen LogP contribution is -2.14. The van der Waals surface area contributed by atoms with E-state index in [1.165, 1.54) is 12.1 Å². The van der Waals surface area contributed by atoms with Gasteiger partial charge in [-0.3, -0.25) is 4.72 Å². The lowest BCUT2D eigenvalue weighted by atomic mass is 10.1. The molecule has 0 radical (unpaired) electrons. The first-order valence-electron chi connectivity index (χ1n) is 6.99. The molecule has 0 fully saturated rings. The predicted octanol–water partition coefficient (Wildman–Crippen LogP) is 2.84. The molecule has 7 heteroatoms. The van der Waals surface area contributed by atoms with Gasteiger partial charge < -0.3 is 14.2 Å². The molecular weight excluding hydrogens is 318 g/mol. The van der Waals surface area contributed by atoms with Crippen LogP contribution in [0.25, 0.3) is 0 Å². The first-order chi connectivity index (χ1) is 10.9. The van der Waals surface area contributed by atoms with Gasteiger partial charge >= 0.3 is 0 Å². The molecule has 0 saturated carbocycles. The zero-order chi connectivity index (χ0) is 16.6. The molecule has 0 aliphatic carbocycles. The van der Waals surface area contributed by atoms with Crippen molar-refractivity contribution >= 4 is 15.7 Å². The minimum Gasteiger partial charge on any atom is -0.496 e. The molecule has 0 atom stereocenters. The molecule has 1 aliphatic heterocycles. The lowest BCUT2D eigenvalue weighted by Gasteiger charge is -2.14. The Hall–Kier alpha value is -2.41. The highest BCUT2D eigenvalue weighted by Gasteiger charge is 2.21. The Balaban J connectivity index is 1.94. The SMILES string of the molecule is COc1ccc(NS(=O)(=O)c2ccc3c(c2)OCO3)c(C)c1C. The number of anilines is 1. The van der Waals surface area contributed by atoms with Crippen LogP contribution in [0.2, 0.25) is 0 Å². The van der Waals surface area contributed by atoms with Crippen molar-refractivity contribution in [3.8, 4) is 17.2 Å². The molecule has 0 amide bonds. The molecule has 0 saturated heterocycles. The summed E-state index contributed by atoms with van der Waals surface area (Å²) >= 11 is 0. The quantitative estimate of drug-likeness (QED) is 0.930. The fraction of sp³-hybridized carbons (Fsp3) is 0.250. The van der Waals surface area contributed by atoms with Crippen LogP contribution in [0.1, 0.15) is 11.1 Å². The van der Waals surface area contributed by atoms with Crippen molar-refractivity contribution in [1.29, 1.82) is 0 Å². The monoisotopic (exact) mass is 335 g/mol. The molecule has 122 valence electrons. The standard InChI is InChI=1S/C16H17NO5S/c1-10-11(2)14(20-3)7-5-13(10)17-23(18,19)12-4-6-15-16(8-12)22-9-21-15/h4-8,17H,9H2,1-3H3. The zero-order valence-electron chi connectivity index (χ0n) is 13.0. The highest BCUT2D eigenvalue weighted by molar-refractivity contribution is 7.92. The summed E-state index contributed by atoms with van der Waals surface area (Å²) in [6.07, 6.45) is 0. The number of sulfonamides is 1. The van der Waals surface area contributed by atoms with Crippen molar-refractivity contribution in [2.24, 2.45) is 0 Å². The Kier molecular flexibility index (Phi) is 3.81. The van der Waals surface area contributed by atoms with Crippen LogP contribution in [0.4, 0.5) is 5.69 Å². The smallest absolute Gasteiger partial charge is 0.262 e. The maximum atomic E-state index is 12.6. The number of hydrogen-bond donors (Lipinski definition) is 1. The molecular formula is C16H17NO5S. The average Bonchev–Trinajstić information content (AvgIpc) is 2.99. The van der Waals surface area contributed by atoms with Crippen LogP contribution in [-0.4, -0.2) is 22.3 Å². The Morgan fingerprint density at radius 1 is 1.04 bits per heavy atom. The van der Waals surface area contributed by atoms with Crippen LogP contribution in [0.3, 0.4) is 0 Å². The Labute approximate surface area is 135 Å². The van der Waals surface area contributed by atoms with Crippen LogP contribution >= 0.6 is 0 Å². The molecule has 2 aromatic rings. The summed E-state index contributed by atoms with van der Waals surface area (Å²) in [6, 6.07) is 7.95. The maximum absolute atomic E-state index is 12.6. The number of fused-ring (bicyclic) bond motifs is 1. The van der Waals surface area contributed by atoms with Crippen LogP contribution in [0.15, 0.2) is 35.2 Å². The third kappa shape index (κ3) is 2.79. The van der Waals surface area contributed by atoms with Crippen molar-refractivity contribution in [3.63, 3.8) is 0 Å². The van der Waals surface area contributed by atoms with Crippen molar-refractivity contribution < 1.29 is 22.6 Å². The van der Waals surface area contributed by atoms with Gasteiger partial charge in [0.15, 0.2) is 11.5 Å². The first-order valence-corrected chi connectivity index (χ1v) is 8.47. The van der Waals surface area contributed by atoms with Crippen LogP contribution in [0.5, 0.6) is 17.2 Å². The molecule has 1 N–H and O–H groups in total. The van der Waals surface area contributed by atoms with Gasteiger partial charge in [-0.05, 0) is 49.2 Å². The number of nitrogens with one attached hydrogen (secondary N) is 1. The summed E-state index contributed by atoms with van der Waals surface area (Å²) in [5.74, 6) is 1.68. The highest BCUT2D eigenvalue weighted by Crippen LogP contribution is 2.35. The van der Waals surface area contributed by atoms with E-state index in [9.17, 15) is 8.42 Å². The van der Waals surface area contributed by atoms with E-state index in [0.717, 1.165) is 11.1 Å². The van der Waals surface area contributed by atoms with Crippen molar-refractivity contribution in [1.82, 2.24) is 0 Å². The lowest BCUT2D eigenvalue weighted by molar-refractivity contribution is 0.174.